The van der Waals surface area contributed by atoms with Crippen LogP contribution in [0.15, 0.2) is 78.9 Å². The number of hydrogen-bond donors (Lipinski definition) is 1. The molecule has 6 nitrogen and oxygen atoms in total. The molecule has 1 atom stereocenters. The van der Waals surface area contributed by atoms with E-state index in [1.807, 2.05) is 0 Å². The third-order valence-corrected chi connectivity index (χ3v) is 4.56. The molecule has 3 aromatic carbocycles. The van der Waals surface area contributed by atoms with Gasteiger partial charge < -0.3 is 5.11 Å². The summed E-state index contributed by atoms with van der Waals surface area (Å²) in [4.78, 5) is 25.1. The van der Waals surface area contributed by atoms with Crippen molar-refractivity contribution in [3.05, 3.63) is 106 Å². The SMILES string of the molecule is O=C1c2ccccc2[C@@](O)(c2ccccc2)N1c1ccccc1[N+](=O)[O-]. The Morgan fingerprint density at radius 3 is 2.23 bits per heavy atom. The third-order valence-electron chi connectivity index (χ3n) is 4.56. The van der Waals surface area contributed by atoms with Crippen molar-refractivity contribution in [3.63, 3.8) is 0 Å². The molecule has 4 rings (SSSR count). The normalized spacial score (nSPS) is 18.7. The number of anilines is 1. The van der Waals surface area contributed by atoms with E-state index in [4.69, 9.17) is 0 Å². The zero-order valence-electron chi connectivity index (χ0n) is 13.6. The van der Waals surface area contributed by atoms with Crippen LogP contribution in [0.2, 0.25) is 0 Å². The lowest BCUT2D eigenvalue weighted by Crippen LogP contribution is -2.45. The van der Waals surface area contributed by atoms with Gasteiger partial charge in [-0.25, -0.2) is 0 Å². The lowest BCUT2D eigenvalue weighted by Gasteiger charge is -2.34. The largest absolute Gasteiger partial charge is 0.363 e. The molecule has 0 bridgehead atoms. The lowest BCUT2D eigenvalue weighted by atomic mass is 9.93. The minimum Gasteiger partial charge on any atom is -0.363 e. The van der Waals surface area contributed by atoms with Crippen LogP contribution in [-0.2, 0) is 5.72 Å². The first-order valence-electron chi connectivity index (χ1n) is 8.00. The summed E-state index contributed by atoms with van der Waals surface area (Å²) in [6.45, 7) is 0. The van der Waals surface area contributed by atoms with Crippen LogP contribution in [0.4, 0.5) is 11.4 Å². The Balaban J connectivity index is 2.03. The van der Waals surface area contributed by atoms with Gasteiger partial charge in [-0.05, 0) is 12.1 Å². The fourth-order valence-corrected chi connectivity index (χ4v) is 3.41. The first kappa shape index (κ1) is 16.0. The number of carbonyl (C=O) groups excluding carboxylic acids is 1. The number of aliphatic hydroxyl groups is 1. The molecule has 1 heterocycles. The number of benzene rings is 3. The lowest BCUT2D eigenvalue weighted by molar-refractivity contribution is -0.384. The van der Waals surface area contributed by atoms with Crippen molar-refractivity contribution in [3.8, 4) is 0 Å². The molecule has 1 amide bonds. The highest BCUT2D eigenvalue weighted by Gasteiger charge is 2.52. The molecule has 1 N–H and O–H groups in total. The number of nitro benzene ring substituents is 1. The van der Waals surface area contributed by atoms with Gasteiger partial charge in [-0.3, -0.25) is 19.8 Å². The van der Waals surface area contributed by atoms with Gasteiger partial charge in [0, 0.05) is 22.8 Å². The molecule has 0 fully saturated rings. The molecule has 0 unspecified atom stereocenters. The summed E-state index contributed by atoms with van der Waals surface area (Å²) in [5.41, 5.74) is -0.864. The highest BCUT2D eigenvalue weighted by molar-refractivity contribution is 6.13. The van der Waals surface area contributed by atoms with Gasteiger partial charge >= 0.3 is 0 Å². The van der Waals surface area contributed by atoms with Crippen LogP contribution >= 0.6 is 0 Å². The average Bonchev–Trinajstić information content (AvgIpc) is 2.91. The predicted octanol–water partition coefficient (Wildman–Crippen LogP) is 3.45. The molecule has 0 aliphatic carbocycles. The van der Waals surface area contributed by atoms with Gasteiger partial charge in [0.05, 0.1) is 4.92 Å². The Hall–Kier alpha value is -3.51. The maximum atomic E-state index is 13.1. The van der Waals surface area contributed by atoms with E-state index in [0.29, 0.717) is 16.7 Å². The highest BCUT2D eigenvalue weighted by Crippen LogP contribution is 2.46. The average molecular weight is 346 g/mol. The Morgan fingerprint density at radius 2 is 1.50 bits per heavy atom. The summed E-state index contributed by atoms with van der Waals surface area (Å²) < 4.78 is 0. The number of nitro groups is 1. The van der Waals surface area contributed by atoms with Gasteiger partial charge in [0.2, 0.25) is 0 Å². The smallest absolute Gasteiger partial charge is 0.293 e. The van der Waals surface area contributed by atoms with Crippen molar-refractivity contribution < 1.29 is 14.8 Å². The summed E-state index contributed by atoms with van der Waals surface area (Å²) in [6.07, 6.45) is 0. The van der Waals surface area contributed by atoms with Crippen LogP contribution in [0.3, 0.4) is 0 Å². The number of rotatable bonds is 3. The van der Waals surface area contributed by atoms with Crippen molar-refractivity contribution >= 4 is 17.3 Å². The van der Waals surface area contributed by atoms with Gasteiger partial charge in [0.1, 0.15) is 5.69 Å². The molecule has 0 radical (unpaired) electrons. The van der Waals surface area contributed by atoms with Crippen LogP contribution in [0, 0.1) is 10.1 Å². The number of carbonyl (C=O) groups is 1. The zero-order valence-corrected chi connectivity index (χ0v) is 13.6. The molecule has 6 heteroatoms. The standard InChI is InChI=1S/C20H14N2O4/c23-19-15-10-4-5-11-16(15)20(24,14-8-2-1-3-9-14)21(19)17-12-6-7-13-18(17)22(25)26/h1-13,24H/t20-/m0/s1. The zero-order chi connectivity index (χ0) is 18.3. The van der Waals surface area contributed by atoms with E-state index in [-0.39, 0.29) is 11.4 Å². The van der Waals surface area contributed by atoms with Crippen molar-refractivity contribution in [2.24, 2.45) is 0 Å². The Bertz CT molecular complexity index is 1020. The summed E-state index contributed by atoms with van der Waals surface area (Å²) in [5, 5.41) is 23.2. The van der Waals surface area contributed by atoms with E-state index in [0.717, 1.165) is 4.90 Å². The minimum absolute atomic E-state index is 0.0463. The topological polar surface area (TPSA) is 83.7 Å². The van der Waals surface area contributed by atoms with Gasteiger partial charge in [-0.2, -0.15) is 0 Å². The van der Waals surface area contributed by atoms with Gasteiger partial charge in [0.25, 0.3) is 11.6 Å². The van der Waals surface area contributed by atoms with Crippen LogP contribution in [0.1, 0.15) is 21.5 Å². The quantitative estimate of drug-likeness (QED) is 0.581. The van der Waals surface area contributed by atoms with E-state index in [9.17, 15) is 20.0 Å². The molecule has 1 aliphatic heterocycles. The molecule has 128 valence electrons. The first-order valence-corrected chi connectivity index (χ1v) is 8.00. The maximum Gasteiger partial charge on any atom is 0.293 e. The van der Waals surface area contributed by atoms with E-state index >= 15 is 0 Å². The first-order chi connectivity index (χ1) is 12.5. The van der Waals surface area contributed by atoms with Crippen molar-refractivity contribution in [1.29, 1.82) is 0 Å². The number of fused-ring (bicyclic) bond motifs is 1. The van der Waals surface area contributed by atoms with E-state index in [1.54, 1.807) is 60.7 Å². The maximum absolute atomic E-state index is 13.1. The van der Waals surface area contributed by atoms with Gasteiger partial charge in [0.15, 0.2) is 5.72 Å². The van der Waals surface area contributed by atoms with Crippen LogP contribution in [0.5, 0.6) is 0 Å². The summed E-state index contributed by atoms with van der Waals surface area (Å²) in [6, 6.07) is 21.3. The third kappa shape index (κ3) is 2.13. The molecule has 0 saturated heterocycles. The van der Waals surface area contributed by atoms with E-state index in [1.165, 1.54) is 18.2 Å². The molecule has 3 aromatic rings. The summed E-state index contributed by atoms with van der Waals surface area (Å²) in [5.74, 6) is -0.485. The summed E-state index contributed by atoms with van der Waals surface area (Å²) in [7, 11) is 0. The Kier molecular flexibility index (Phi) is 3.56. The van der Waals surface area contributed by atoms with E-state index < -0.39 is 16.6 Å². The number of amides is 1. The van der Waals surface area contributed by atoms with Crippen LogP contribution < -0.4 is 4.90 Å². The molecule has 1 aliphatic rings. The highest BCUT2D eigenvalue weighted by atomic mass is 16.6. The molecular weight excluding hydrogens is 332 g/mol. The number of nitrogens with zero attached hydrogens (tertiary/aromatic N) is 2. The van der Waals surface area contributed by atoms with Crippen molar-refractivity contribution in [1.82, 2.24) is 0 Å². The minimum atomic E-state index is -1.83. The fraction of sp³-hybridized carbons (Fsp3) is 0.0500. The second kappa shape index (κ2) is 5.79. The van der Waals surface area contributed by atoms with Crippen LogP contribution in [-0.4, -0.2) is 15.9 Å². The Labute approximate surface area is 149 Å². The van der Waals surface area contributed by atoms with Crippen molar-refractivity contribution in [2.75, 3.05) is 4.90 Å². The predicted molar refractivity (Wildman–Crippen MR) is 95.8 cm³/mol. The van der Waals surface area contributed by atoms with Gasteiger partial charge in [-0.1, -0.05) is 60.7 Å². The number of hydrogen-bond acceptors (Lipinski definition) is 4. The van der Waals surface area contributed by atoms with Gasteiger partial charge in [-0.15, -0.1) is 0 Å². The Morgan fingerprint density at radius 1 is 0.885 bits per heavy atom. The van der Waals surface area contributed by atoms with E-state index in [2.05, 4.69) is 0 Å². The molecule has 0 aromatic heterocycles. The second-order valence-electron chi connectivity index (χ2n) is 5.97. The molecular formula is C20H14N2O4. The van der Waals surface area contributed by atoms with Crippen LogP contribution in [0.25, 0.3) is 0 Å². The molecule has 0 saturated carbocycles. The molecule has 0 spiro atoms. The number of para-hydroxylation sites is 2. The fourth-order valence-electron chi connectivity index (χ4n) is 3.41. The van der Waals surface area contributed by atoms with Crippen molar-refractivity contribution in [2.45, 2.75) is 5.72 Å². The summed E-state index contributed by atoms with van der Waals surface area (Å²) >= 11 is 0. The monoisotopic (exact) mass is 346 g/mol. The second-order valence-corrected chi connectivity index (χ2v) is 5.97. The molecule has 26 heavy (non-hydrogen) atoms.